The lowest BCUT2D eigenvalue weighted by molar-refractivity contribution is 0.396. The number of ether oxygens (including phenoxy) is 2. The van der Waals surface area contributed by atoms with E-state index in [0.29, 0.717) is 5.75 Å². The maximum Gasteiger partial charge on any atom is 0.263 e. The number of nitrogens with one attached hydrogen (secondary N) is 1. The first-order valence-corrected chi connectivity index (χ1v) is 9.28. The fourth-order valence-corrected chi connectivity index (χ4v) is 4.15. The van der Waals surface area contributed by atoms with Crippen LogP contribution in [0.25, 0.3) is 0 Å². The van der Waals surface area contributed by atoms with Crippen LogP contribution in [-0.4, -0.2) is 22.6 Å². The van der Waals surface area contributed by atoms with Gasteiger partial charge in [-0.25, -0.2) is 8.42 Å². The molecule has 0 fully saturated rings. The van der Waals surface area contributed by atoms with Gasteiger partial charge in [-0.05, 0) is 18.2 Å². The lowest BCUT2D eigenvalue weighted by Crippen LogP contribution is -2.14. The predicted molar refractivity (Wildman–Crippen MR) is 96.8 cm³/mol. The van der Waals surface area contributed by atoms with Crippen molar-refractivity contribution in [2.45, 2.75) is 4.90 Å². The largest absolute Gasteiger partial charge is 0.495 e. The molecule has 2 aromatic carbocycles. The molecular weight excluding hydrogens is 420 g/mol. The number of rotatable bonds is 5. The third kappa shape index (κ3) is 3.95. The molecule has 0 aliphatic carbocycles. The molecule has 0 aliphatic heterocycles. The van der Waals surface area contributed by atoms with Crippen molar-refractivity contribution in [3.05, 3.63) is 44.4 Å². The van der Waals surface area contributed by atoms with E-state index in [4.69, 9.17) is 55.9 Å². The highest BCUT2D eigenvalue weighted by Crippen LogP contribution is 2.38. The third-order valence-electron chi connectivity index (χ3n) is 2.98. The number of anilines is 1. The van der Waals surface area contributed by atoms with Crippen LogP contribution >= 0.6 is 46.4 Å². The quantitative estimate of drug-likeness (QED) is 0.668. The van der Waals surface area contributed by atoms with Crippen molar-refractivity contribution in [1.82, 2.24) is 0 Å². The molecule has 0 spiro atoms. The molecule has 0 bridgehead atoms. The first kappa shape index (κ1) is 19.3. The van der Waals surface area contributed by atoms with Crippen molar-refractivity contribution in [1.29, 1.82) is 0 Å². The van der Waals surface area contributed by atoms with Gasteiger partial charge in [0.2, 0.25) is 0 Å². The van der Waals surface area contributed by atoms with Crippen LogP contribution in [0.15, 0.2) is 29.2 Å². The molecule has 0 aliphatic rings. The van der Waals surface area contributed by atoms with Crippen molar-refractivity contribution in [2.24, 2.45) is 0 Å². The summed E-state index contributed by atoms with van der Waals surface area (Å²) in [6, 6.07) is 5.23. The molecule has 0 atom stereocenters. The van der Waals surface area contributed by atoms with E-state index in [-0.39, 0.29) is 36.4 Å². The zero-order valence-electron chi connectivity index (χ0n) is 12.4. The van der Waals surface area contributed by atoms with Crippen LogP contribution in [0.5, 0.6) is 11.5 Å². The average molecular weight is 431 g/mol. The third-order valence-corrected chi connectivity index (χ3v) is 5.83. The van der Waals surface area contributed by atoms with Crippen molar-refractivity contribution in [3.8, 4) is 11.5 Å². The van der Waals surface area contributed by atoms with Gasteiger partial charge < -0.3 is 9.47 Å². The van der Waals surface area contributed by atoms with E-state index >= 15 is 0 Å². The zero-order valence-corrected chi connectivity index (χ0v) is 16.2. The van der Waals surface area contributed by atoms with Gasteiger partial charge in [0, 0.05) is 6.07 Å². The minimum Gasteiger partial charge on any atom is -0.495 e. The minimum atomic E-state index is -4.06. The van der Waals surface area contributed by atoms with Crippen LogP contribution in [0.1, 0.15) is 0 Å². The molecule has 2 aromatic rings. The van der Waals surface area contributed by atoms with E-state index in [0.717, 1.165) is 6.07 Å². The Morgan fingerprint density at radius 1 is 0.792 bits per heavy atom. The van der Waals surface area contributed by atoms with Gasteiger partial charge in [0.05, 0.1) is 40.0 Å². The summed E-state index contributed by atoms with van der Waals surface area (Å²) in [5, 5.41) is 0.332. The Kier molecular flexibility index (Phi) is 5.99. The minimum absolute atomic E-state index is 0.0566. The summed E-state index contributed by atoms with van der Waals surface area (Å²) in [6.07, 6.45) is 0. The van der Waals surface area contributed by atoms with E-state index in [1.54, 1.807) is 0 Å². The molecule has 0 saturated heterocycles. The van der Waals surface area contributed by atoms with Crippen LogP contribution in [0.4, 0.5) is 5.69 Å². The lowest BCUT2D eigenvalue weighted by atomic mass is 10.3. The Bertz CT molecular complexity index is 887. The topological polar surface area (TPSA) is 64.6 Å². The second-order valence-corrected chi connectivity index (χ2v) is 7.77. The summed E-state index contributed by atoms with van der Waals surface area (Å²) in [5.41, 5.74) is 0.116. The highest BCUT2D eigenvalue weighted by atomic mass is 35.5. The van der Waals surface area contributed by atoms with Crippen LogP contribution in [0.3, 0.4) is 0 Å². The van der Waals surface area contributed by atoms with Gasteiger partial charge >= 0.3 is 0 Å². The first-order chi connectivity index (χ1) is 11.2. The Hall–Kier alpha value is -1.05. The molecule has 0 saturated carbocycles. The zero-order chi connectivity index (χ0) is 18.1. The van der Waals surface area contributed by atoms with Crippen molar-refractivity contribution < 1.29 is 17.9 Å². The number of halogens is 4. The van der Waals surface area contributed by atoms with Gasteiger partial charge in [-0.15, -0.1) is 0 Å². The lowest BCUT2D eigenvalue weighted by Gasteiger charge is -2.15. The number of hydrogen-bond donors (Lipinski definition) is 1. The molecule has 0 radical (unpaired) electrons. The molecule has 10 heteroatoms. The molecule has 0 heterocycles. The fraction of sp³-hybridized carbons (Fsp3) is 0.143. The molecule has 0 unspecified atom stereocenters. The van der Waals surface area contributed by atoms with Crippen LogP contribution in [-0.2, 0) is 10.0 Å². The van der Waals surface area contributed by atoms with Crippen LogP contribution in [0.2, 0.25) is 20.1 Å². The summed E-state index contributed by atoms with van der Waals surface area (Å²) >= 11 is 23.7. The van der Waals surface area contributed by atoms with Crippen LogP contribution in [0, 0.1) is 0 Å². The molecule has 130 valence electrons. The van der Waals surface area contributed by atoms with Gasteiger partial charge in [0.25, 0.3) is 10.0 Å². The van der Waals surface area contributed by atoms with E-state index < -0.39 is 10.0 Å². The van der Waals surface area contributed by atoms with Crippen molar-refractivity contribution in [2.75, 3.05) is 18.9 Å². The molecular formula is C14H11Cl4NO4S. The van der Waals surface area contributed by atoms with E-state index in [2.05, 4.69) is 4.72 Å². The summed E-state index contributed by atoms with van der Waals surface area (Å²) in [4.78, 5) is -0.229. The maximum absolute atomic E-state index is 12.6. The van der Waals surface area contributed by atoms with E-state index in [1.165, 1.54) is 32.4 Å². The number of benzene rings is 2. The number of sulfonamides is 1. The monoisotopic (exact) mass is 429 g/mol. The molecule has 0 amide bonds. The maximum atomic E-state index is 12.6. The molecule has 2 rings (SSSR count). The predicted octanol–water partition coefficient (Wildman–Crippen LogP) is 5.12. The summed E-state index contributed by atoms with van der Waals surface area (Å²) in [7, 11) is -1.24. The standard InChI is InChI=1S/C14H11Cl4NO4S/c1-22-12-6-13(23-2)11(4-9(12)17)19-24(20,21)14-5-8(16)7(15)3-10(14)18/h3-6,19H,1-2H3. The number of methoxy groups -OCH3 is 2. The summed E-state index contributed by atoms with van der Waals surface area (Å²) in [5.74, 6) is 0.556. The number of hydrogen-bond acceptors (Lipinski definition) is 4. The average Bonchev–Trinajstić information content (AvgIpc) is 2.50. The molecule has 0 aromatic heterocycles. The highest BCUT2D eigenvalue weighted by Gasteiger charge is 2.22. The summed E-state index contributed by atoms with van der Waals surface area (Å²) < 4.78 is 37.8. The Morgan fingerprint density at radius 2 is 1.38 bits per heavy atom. The smallest absolute Gasteiger partial charge is 0.263 e. The Morgan fingerprint density at radius 3 is 1.96 bits per heavy atom. The SMILES string of the molecule is COc1cc(OC)c(NS(=O)(=O)c2cc(Cl)c(Cl)cc2Cl)cc1Cl. The summed E-state index contributed by atoms with van der Waals surface area (Å²) in [6.45, 7) is 0. The van der Waals surface area contributed by atoms with Crippen molar-refractivity contribution in [3.63, 3.8) is 0 Å². The first-order valence-electron chi connectivity index (χ1n) is 6.28. The Balaban J connectivity index is 2.50. The molecule has 5 nitrogen and oxygen atoms in total. The highest BCUT2D eigenvalue weighted by molar-refractivity contribution is 7.92. The molecule has 24 heavy (non-hydrogen) atoms. The van der Waals surface area contributed by atoms with Gasteiger partial charge in [-0.2, -0.15) is 0 Å². The van der Waals surface area contributed by atoms with Gasteiger partial charge in [-0.3, -0.25) is 4.72 Å². The van der Waals surface area contributed by atoms with E-state index in [1.807, 2.05) is 0 Å². The van der Waals surface area contributed by atoms with E-state index in [9.17, 15) is 8.42 Å². The fourth-order valence-electron chi connectivity index (χ4n) is 1.85. The normalized spacial score (nSPS) is 11.2. The van der Waals surface area contributed by atoms with Crippen molar-refractivity contribution >= 4 is 62.1 Å². The second-order valence-electron chi connectivity index (χ2n) is 4.49. The van der Waals surface area contributed by atoms with Gasteiger partial charge in [0.1, 0.15) is 16.4 Å². The molecule has 1 N–H and O–H groups in total. The van der Waals surface area contributed by atoms with Gasteiger partial charge in [0.15, 0.2) is 0 Å². The second kappa shape index (κ2) is 7.45. The van der Waals surface area contributed by atoms with Crippen LogP contribution < -0.4 is 14.2 Å². The Labute approximate surface area is 159 Å². The van der Waals surface area contributed by atoms with Gasteiger partial charge in [-0.1, -0.05) is 46.4 Å².